The SMILES string of the molecule is CCC1CCCC(C(CC2CCOCC2)NC)C1. The van der Waals surface area contributed by atoms with Crippen LogP contribution in [0.4, 0.5) is 0 Å². The predicted molar refractivity (Wildman–Crippen MR) is 76.7 cm³/mol. The summed E-state index contributed by atoms with van der Waals surface area (Å²) in [6, 6.07) is 0.752. The molecule has 18 heavy (non-hydrogen) atoms. The Bertz CT molecular complexity index is 225. The molecule has 2 fully saturated rings. The van der Waals surface area contributed by atoms with Crippen LogP contribution >= 0.6 is 0 Å². The summed E-state index contributed by atoms with van der Waals surface area (Å²) in [5.41, 5.74) is 0. The molecule has 0 aromatic heterocycles. The Kier molecular flexibility index (Phi) is 5.97. The summed E-state index contributed by atoms with van der Waals surface area (Å²) in [5, 5.41) is 3.62. The van der Waals surface area contributed by atoms with Crippen LogP contribution in [0.1, 0.15) is 58.3 Å². The topological polar surface area (TPSA) is 21.3 Å². The first-order valence-electron chi connectivity index (χ1n) is 8.08. The van der Waals surface area contributed by atoms with Crippen molar-refractivity contribution in [1.29, 1.82) is 0 Å². The fraction of sp³-hybridized carbons (Fsp3) is 1.00. The maximum Gasteiger partial charge on any atom is 0.0468 e. The first-order chi connectivity index (χ1) is 8.83. The van der Waals surface area contributed by atoms with Gasteiger partial charge in [0.1, 0.15) is 0 Å². The molecule has 1 N–H and O–H groups in total. The second-order valence-electron chi connectivity index (χ2n) is 6.39. The van der Waals surface area contributed by atoms with Crippen LogP contribution in [0.15, 0.2) is 0 Å². The molecule has 0 spiro atoms. The summed E-state index contributed by atoms with van der Waals surface area (Å²) in [5.74, 6) is 2.82. The highest BCUT2D eigenvalue weighted by Crippen LogP contribution is 2.35. The Balaban J connectivity index is 1.82. The van der Waals surface area contributed by atoms with E-state index in [9.17, 15) is 0 Å². The second-order valence-corrected chi connectivity index (χ2v) is 6.39. The van der Waals surface area contributed by atoms with Crippen LogP contribution in [-0.4, -0.2) is 26.3 Å². The van der Waals surface area contributed by atoms with Gasteiger partial charge in [0.2, 0.25) is 0 Å². The van der Waals surface area contributed by atoms with E-state index < -0.39 is 0 Å². The van der Waals surface area contributed by atoms with Crippen LogP contribution in [0.25, 0.3) is 0 Å². The first kappa shape index (κ1) is 14.3. The van der Waals surface area contributed by atoms with Crippen molar-refractivity contribution >= 4 is 0 Å². The lowest BCUT2D eigenvalue weighted by molar-refractivity contribution is 0.0558. The summed E-state index contributed by atoms with van der Waals surface area (Å²) < 4.78 is 5.47. The molecule has 1 aliphatic heterocycles. The van der Waals surface area contributed by atoms with E-state index in [2.05, 4.69) is 19.3 Å². The van der Waals surface area contributed by atoms with Crippen LogP contribution in [0, 0.1) is 17.8 Å². The molecule has 3 atom stereocenters. The molecule has 2 heteroatoms. The van der Waals surface area contributed by atoms with Crippen molar-refractivity contribution in [2.45, 2.75) is 64.3 Å². The van der Waals surface area contributed by atoms with Crippen molar-refractivity contribution in [3.8, 4) is 0 Å². The number of rotatable bonds is 5. The molecule has 0 aromatic rings. The Labute approximate surface area is 113 Å². The standard InChI is InChI=1S/C16H31NO/c1-3-13-5-4-6-15(11-13)16(17-2)12-14-7-9-18-10-8-14/h13-17H,3-12H2,1-2H3. The van der Waals surface area contributed by atoms with Gasteiger partial charge in [-0.3, -0.25) is 0 Å². The van der Waals surface area contributed by atoms with Crippen molar-refractivity contribution in [3.05, 3.63) is 0 Å². The quantitative estimate of drug-likeness (QED) is 0.808. The molecule has 1 saturated carbocycles. The maximum absolute atomic E-state index is 5.47. The Morgan fingerprint density at radius 1 is 1.11 bits per heavy atom. The molecule has 106 valence electrons. The predicted octanol–water partition coefficient (Wildman–Crippen LogP) is 3.61. The molecular formula is C16H31NO. The van der Waals surface area contributed by atoms with E-state index >= 15 is 0 Å². The van der Waals surface area contributed by atoms with E-state index in [0.717, 1.165) is 37.0 Å². The van der Waals surface area contributed by atoms with Crippen molar-refractivity contribution in [2.75, 3.05) is 20.3 Å². The normalized spacial score (nSPS) is 32.3. The van der Waals surface area contributed by atoms with E-state index in [1.54, 1.807) is 0 Å². The van der Waals surface area contributed by atoms with E-state index in [-0.39, 0.29) is 0 Å². The van der Waals surface area contributed by atoms with Gasteiger partial charge in [-0.2, -0.15) is 0 Å². The highest BCUT2D eigenvalue weighted by atomic mass is 16.5. The van der Waals surface area contributed by atoms with Crippen molar-refractivity contribution < 1.29 is 4.74 Å². The number of hydrogen-bond acceptors (Lipinski definition) is 2. The second kappa shape index (κ2) is 7.49. The van der Waals surface area contributed by atoms with Gasteiger partial charge in [-0.1, -0.05) is 26.2 Å². The first-order valence-corrected chi connectivity index (χ1v) is 8.08. The molecular weight excluding hydrogens is 222 g/mol. The maximum atomic E-state index is 5.47. The average molecular weight is 253 g/mol. The molecule has 3 unspecified atom stereocenters. The molecule has 0 radical (unpaired) electrons. The zero-order valence-corrected chi connectivity index (χ0v) is 12.3. The highest BCUT2D eigenvalue weighted by Gasteiger charge is 2.29. The summed E-state index contributed by atoms with van der Waals surface area (Å²) >= 11 is 0. The van der Waals surface area contributed by atoms with E-state index in [0.29, 0.717) is 0 Å². The number of nitrogens with one attached hydrogen (secondary N) is 1. The van der Waals surface area contributed by atoms with Crippen molar-refractivity contribution in [2.24, 2.45) is 17.8 Å². The van der Waals surface area contributed by atoms with Crippen LogP contribution in [0.2, 0.25) is 0 Å². The highest BCUT2D eigenvalue weighted by molar-refractivity contribution is 4.83. The Morgan fingerprint density at radius 3 is 2.56 bits per heavy atom. The van der Waals surface area contributed by atoms with E-state index in [1.807, 2.05) is 0 Å². The molecule has 1 saturated heterocycles. The Hall–Kier alpha value is -0.0800. The van der Waals surface area contributed by atoms with Gasteiger partial charge in [0.15, 0.2) is 0 Å². The molecule has 2 aliphatic rings. The molecule has 1 heterocycles. The van der Waals surface area contributed by atoms with E-state index in [4.69, 9.17) is 4.74 Å². The summed E-state index contributed by atoms with van der Waals surface area (Å²) in [7, 11) is 2.17. The lowest BCUT2D eigenvalue weighted by Crippen LogP contribution is -2.38. The van der Waals surface area contributed by atoms with Crippen LogP contribution < -0.4 is 5.32 Å². The van der Waals surface area contributed by atoms with Crippen LogP contribution in [0.5, 0.6) is 0 Å². The van der Waals surface area contributed by atoms with Gasteiger partial charge in [-0.05, 0) is 56.9 Å². The molecule has 1 aliphatic carbocycles. The minimum absolute atomic E-state index is 0.752. The number of ether oxygens (including phenoxy) is 1. The summed E-state index contributed by atoms with van der Waals surface area (Å²) in [4.78, 5) is 0. The lowest BCUT2D eigenvalue weighted by Gasteiger charge is -2.36. The van der Waals surface area contributed by atoms with Gasteiger partial charge in [0.25, 0.3) is 0 Å². The zero-order chi connectivity index (χ0) is 12.8. The van der Waals surface area contributed by atoms with Gasteiger partial charge >= 0.3 is 0 Å². The van der Waals surface area contributed by atoms with Gasteiger partial charge in [-0.25, -0.2) is 0 Å². The minimum Gasteiger partial charge on any atom is -0.381 e. The minimum atomic E-state index is 0.752. The zero-order valence-electron chi connectivity index (χ0n) is 12.3. The third-order valence-corrected chi connectivity index (χ3v) is 5.27. The lowest BCUT2D eigenvalue weighted by atomic mass is 9.74. The fourth-order valence-electron chi connectivity index (χ4n) is 3.96. The van der Waals surface area contributed by atoms with Crippen LogP contribution in [-0.2, 0) is 4.74 Å². The van der Waals surface area contributed by atoms with Gasteiger partial charge in [-0.15, -0.1) is 0 Å². The Morgan fingerprint density at radius 2 is 1.89 bits per heavy atom. The van der Waals surface area contributed by atoms with E-state index in [1.165, 1.54) is 51.4 Å². The summed E-state index contributed by atoms with van der Waals surface area (Å²) in [6.45, 7) is 4.34. The average Bonchev–Trinajstić information content (AvgIpc) is 2.46. The molecule has 0 amide bonds. The van der Waals surface area contributed by atoms with Crippen LogP contribution in [0.3, 0.4) is 0 Å². The fourth-order valence-corrected chi connectivity index (χ4v) is 3.96. The molecule has 0 aromatic carbocycles. The largest absolute Gasteiger partial charge is 0.381 e. The van der Waals surface area contributed by atoms with Crippen molar-refractivity contribution in [3.63, 3.8) is 0 Å². The van der Waals surface area contributed by atoms with Gasteiger partial charge < -0.3 is 10.1 Å². The molecule has 0 bridgehead atoms. The third kappa shape index (κ3) is 3.96. The number of hydrogen-bond donors (Lipinski definition) is 1. The monoisotopic (exact) mass is 253 g/mol. The third-order valence-electron chi connectivity index (χ3n) is 5.27. The summed E-state index contributed by atoms with van der Waals surface area (Å²) in [6.07, 6.45) is 11.2. The molecule has 2 rings (SSSR count). The smallest absolute Gasteiger partial charge is 0.0468 e. The van der Waals surface area contributed by atoms with Crippen molar-refractivity contribution in [1.82, 2.24) is 5.32 Å². The van der Waals surface area contributed by atoms with Gasteiger partial charge in [0, 0.05) is 19.3 Å². The van der Waals surface area contributed by atoms with Gasteiger partial charge in [0.05, 0.1) is 0 Å². The molecule has 2 nitrogen and oxygen atoms in total.